The molecule has 4 heterocycles. The molecule has 1 amide bonds. The molecule has 0 spiro atoms. The van der Waals surface area contributed by atoms with Crippen molar-refractivity contribution >= 4 is 78.9 Å². The highest BCUT2D eigenvalue weighted by atomic mass is 35.5. The maximum atomic E-state index is 12.3. The molecule has 0 fully saturated rings. The van der Waals surface area contributed by atoms with E-state index in [9.17, 15) is 19.2 Å². The highest BCUT2D eigenvalue weighted by molar-refractivity contribution is 7.19. The minimum Gasteiger partial charge on any atom is -0.478 e. The Morgan fingerprint density at radius 2 is 1.15 bits per heavy atom. The number of hydrogen-bond acceptors (Lipinski definition) is 17. The van der Waals surface area contributed by atoms with E-state index in [1.807, 2.05) is 74.8 Å². The first-order valence-corrected chi connectivity index (χ1v) is 23.2. The van der Waals surface area contributed by atoms with Gasteiger partial charge in [0.15, 0.2) is 16.0 Å². The number of hydrogen-bond donors (Lipinski definition) is 3. The zero-order valence-electron chi connectivity index (χ0n) is 38.3. The van der Waals surface area contributed by atoms with Crippen LogP contribution in [0, 0.1) is 13.8 Å². The summed E-state index contributed by atoms with van der Waals surface area (Å²) >= 11 is 7.79. The number of amides is 1. The van der Waals surface area contributed by atoms with Gasteiger partial charge in [0.25, 0.3) is 0 Å². The van der Waals surface area contributed by atoms with Crippen LogP contribution in [-0.4, -0.2) is 96.9 Å². The van der Waals surface area contributed by atoms with Crippen molar-refractivity contribution in [1.82, 2.24) is 40.1 Å². The average molecular weight is 968 g/mol. The quantitative estimate of drug-likeness (QED) is 0.0330. The molecular weight excluding hydrogens is 912 g/mol. The Bertz CT molecular complexity index is 2560. The first kappa shape index (κ1) is 52.9. The number of benzene rings is 2. The van der Waals surface area contributed by atoms with Crippen molar-refractivity contribution in [3.05, 3.63) is 122 Å². The fourth-order valence-electron chi connectivity index (χ4n) is 5.69. The second kappa shape index (κ2) is 27.7. The lowest BCUT2D eigenvalue weighted by molar-refractivity contribution is -0.134. The predicted molar refractivity (Wildman–Crippen MR) is 267 cm³/mol. The third-order valence-electron chi connectivity index (χ3n) is 9.51. The molecule has 352 valence electrons. The van der Waals surface area contributed by atoms with Gasteiger partial charge in [-0.2, -0.15) is 9.97 Å². The molecule has 6 rings (SSSR count). The molecule has 0 bridgehead atoms. The lowest BCUT2D eigenvalue weighted by Gasteiger charge is -2.22. The van der Waals surface area contributed by atoms with Gasteiger partial charge in [-0.1, -0.05) is 96.5 Å². The molecule has 0 aliphatic heterocycles. The van der Waals surface area contributed by atoms with Crippen molar-refractivity contribution in [2.24, 2.45) is 0 Å². The van der Waals surface area contributed by atoms with E-state index in [0.29, 0.717) is 73.9 Å². The largest absolute Gasteiger partial charge is 0.478 e. The Labute approximate surface area is 404 Å². The summed E-state index contributed by atoms with van der Waals surface area (Å²) in [4.78, 5) is 75.0. The number of Topliss-reactive ketones (excluding diaryl/α,β-unsaturated/α-hetero) is 2. The van der Waals surface area contributed by atoms with Gasteiger partial charge in [0.2, 0.25) is 22.9 Å². The van der Waals surface area contributed by atoms with E-state index < -0.39 is 11.3 Å². The van der Waals surface area contributed by atoms with Crippen LogP contribution < -0.4 is 25.4 Å². The fraction of sp³-hybridized carbons (Fsp3) is 0.292. The molecule has 19 heteroatoms. The molecule has 67 heavy (non-hydrogen) atoms. The van der Waals surface area contributed by atoms with Crippen LogP contribution in [0.3, 0.4) is 0 Å². The van der Waals surface area contributed by atoms with Crippen molar-refractivity contribution < 1.29 is 28.7 Å². The van der Waals surface area contributed by atoms with Crippen molar-refractivity contribution in [3.8, 4) is 32.6 Å². The monoisotopic (exact) mass is 966 g/mol. The van der Waals surface area contributed by atoms with Crippen LogP contribution in [0.25, 0.3) is 20.9 Å². The number of nitrogens with zero attached hydrogens (tertiary/aromatic N) is 7. The third-order valence-corrected chi connectivity index (χ3v) is 11.6. The lowest BCUT2D eigenvalue weighted by Crippen LogP contribution is -2.39. The number of rotatable bonds is 22. The number of carbonyl (C=O) groups is 4. The maximum absolute atomic E-state index is 12.3. The molecule has 0 aliphatic carbocycles. The van der Waals surface area contributed by atoms with Crippen LogP contribution in [0.5, 0.6) is 11.8 Å². The first-order valence-electron chi connectivity index (χ1n) is 21.2. The standard InChI is InChI=1S/C24H27N5O3S.C21H25N5O2S.C3H3ClO/c1-5-23(31)29(4)16(2)19(30)12-9-13-32-22-14-21(26-17(3)27-22)28-24-25-15-20(33-24)18-10-7-6-8-11-18;1-14(22-3)17(27)10-7-11-28-20-12-19(24-15(2)25-20)26-21-23-13-18(29-21)16-8-5-4-6-9-16;1-2-3(4)5/h5-8,10-11,14-16H,1,9,12-13H2,2-4H3,(H,25,26,27,28);4-6,8-9,12-14,22H,7,10-11H2,1-3H3,(H,23,24,25,26);2H,1H2/t16-;14-;/m00./s1. The van der Waals surface area contributed by atoms with Gasteiger partial charge in [-0.15, -0.1) is 0 Å². The molecule has 0 aliphatic rings. The van der Waals surface area contributed by atoms with Gasteiger partial charge in [0.05, 0.1) is 35.1 Å². The molecular formula is C48H55ClN10O6S2. The van der Waals surface area contributed by atoms with Gasteiger partial charge in [-0.3, -0.25) is 19.2 Å². The lowest BCUT2D eigenvalue weighted by atomic mass is 10.1. The maximum Gasteiger partial charge on any atom is 0.246 e. The van der Waals surface area contributed by atoms with E-state index in [4.69, 9.17) is 21.1 Å². The molecule has 0 radical (unpaired) electrons. The van der Waals surface area contributed by atoms with E-state index in [2.05, 4.69) is 71.1 Å². The number of allylic oxidation sites excluding steroid dienone is 1. The summed E-state index contributed by atoms with van der Waals surface area (Å²) < 4.78 is 11.5. The number of halogens is 1. The Hall–Kier alpha value is -6.73. The van der Waals surface area contributed by atoms with Crippen LogP contribution in [0.2, 0.25) is 0 Å². The van der Waals surface area contributed by atoms with Crippen LogP contribution >= 0.6 is 34.3 Å². The fourth-order valence-corrected chi connectivity index (χ4v) is 7.35. The smallest absolute Gasteiger partial charge is 0.246 e. The second-order valence-electron chi connectivity index (χ2n) is 14.5. The number of likely N-dealkylation sites (N-methyl/N-ethyl adjacent to an activating group) is 2. The highest BCUT2D eigenvalue weighted by Gasteiger charge is 2.20. The predicted octanol–water partition coefficient (Wildman–Crippen LogP) is 9.34. The Morgan fingerprint density at radius 3 is 1.55 bits per heavy atom. The summed E-state index contributed by atoms with van der Waals surface area (Å²) in [7, 11) is 3.37. The minimum atomic E-state index is -0.509. The third kappa shape index (κ3) is 18.2. The highest BCUT2D eigenvalue weighted by Crippen LogP contribution is 2.32. The van der Waals surface area contributed by atoms with Crippen molar-refractivity contribution in [1.29, 1.82) is 0 Å². The van der Waals surface area contributed by atoms with E-state index in [-0.39, 0.29) is 23.5 Å². The van der Waals surface area contributed by atoms with Gasteiger partial charge in [0.1, 0.15) is 29.1 Å². The topological polar surface area (TPSA) is 203 Å². The van der Waals surface area contributed by atoms with Gasteiger partial charge in [0, 0.05) is 44.4 Å². The summed E-state index contributed by atoms with van der Waals surface area (Å²) in [5.74, 6) is 3.14. The average Bonchev–Trinajstić information content (AvgIpc) is 4.01. The first-order chi connectivity index (χ1) is 32.2. The number of anilines is 4. The number of thiazole rings is 2. The SMILES string of the molecule is C=CC(=O)Cl.C=CC(=O)N(C)[C@@H](C)C(=O)CCCOc1cc(Nc2ncc(-c3ccccc3)s2)nc(C)n1.CN[C@@H](C)C(=O)CCCOc1cc(Nc2ncc(-c3ccccc3)s2)nc(C)n1. The van der Waals surface area contributed by atoms with E-state index in [0.717, 1.165) is 37.2 Å². The zero-order valence-corrected chi connectivity index (χ0v) is 40.7. The summed E-state index contributed by atoms with van der Waals surface area (Å²) in [5.41, 5.74) is 2.23. The van der Waals surface area contributed by atoms with E-state index in [1.165, 1.54) is 22.3 Å². The Balaban J connectivity index is 0.000000267. The number of aromatic nitrogens is 6. The van der Waals surface area contributed by atoms with Gasteiger partial charge < -0.3 is 30.3 Å². The molecule has 2 aromatic carbocycles. The summed E-state index contributed by atoms with van der Waals surface area (Å²) in [6.45, 7) is 14.4. The molecule has 0 unspecified atom stereocenters. The van der Waals surface area contributed by atoms with Gasteiger partial charge in [-0.05, 0) is 82.5 Å². The van der Waals surface area contributed by atoms with Crippen molar-refractivity contribution in [3.63, 3.8) is 0 Å². The summed E-state index contributed by atoms with van der Waals surface area (Å²) in [5, 5.41) is 10.3. The number of carbonyl (C=O) groups excluding carboxylic acids is 4. The van der Waals surface area contributed by atoms with Crippen molar-refractivity contribution in [2.45, 2.75) is 65.5 Å². The molecule has 3 N–H and O–H groups in total. The Morgan fingerprint density at radius 1 is 0.716 bits per heavy atom. The molecule has 0 saturated heterocycles. The summed E-state index contributed by atoms with van der Waals surface area (Å²) in [6, 6.07) is 23.0. The van der Waals surface area contributed by atoms with Crippen LogP contribution in [0.15, 0.2) is 111 Å². The minimum absolute atomic E-state index is 0.0319. The van der Waals surface area contributed by atoms with Crippen LogP contribution in [0.4, 0.5) is 21.9 Å². The van der Waals surface area contributed by atoms with Gasteiger partial charge in [-0.25, -0.2) is 19.9 Å². The number of ether oxygens (including phenoxy) is 2. The van der Waals surface area contributed by atoms with Crippen LogP contribution in [0.1, 0.15) is 51.2 Å². The Kier molecular flexibility index (Phi) is 21.8. The van der Waals surface area contributed by atoms with E-state index >= 15 is 0 Å². The molecule has 2 atom stereocenters. The van der Waals surface area contributed by atoms with Crippen LogP contribution in [-0.2, 0) is 19.2 Å². The summed E-state index contributed by atoms with van der Waals surface area (Å²) in [6.07, 6.45) is 7.83. The molecule has 6 aromatic rings. The zero-order chi connectivity index (χ0) is 48.7. The molecule has 16 nitrogen and oxygen atoms in total. The second-order valence-corrected chi connectivity index (χ2v) is 16.9. The van der Waals surface area contributed by atoms with Gasteiger partial charge >= 0.3 is 0 Å². The molecule has 0 saturated carbocycles. The number of ketones is 2. The van der Waals surface area contributed by atoms with E-state index in [1.54, 1.807) is 51.4 Å². The number of aryl methyl sites for hydroxylation is 2. The van der Waals surface area contributed by atoms with Crippen molar-refractivity contribution in [2.75, 3.05) is 37.9 Å². The molecule has 4 aromatic heterocycles. The normalized spacial score (nSPS) is 11.3. The number of nitrogens with one attached hydrogen (secondary N) is 3.